The maximum Gasteiger partial charge on any atom is 0.327 e. The molecule has 146 valence electrons. The van der Waals surface area contributed by atoms with E-state index in [9.17, 15) is 9.59 Å². The molecule has 5 rings (SSSR count). The molecule has 10 nitrogen and oxygen atoms in total. The predicted molar refractivity (Wildman–Crippen MR) is 104 cm³/mol. The predicted octanol–water partition coefficient (Wildman–Crippen LogP) is 2.32. The van der Waals surface area contributed by atoms with Gasteiger partial charge in [0.1, 0.15) is 11.4 Å². The number of rotatable bonds is 5. The second-order valence-electron chi connectivity index (χ2n) is 6.61. The van der Waals surface area contributed by atoms with Crippen LogP contribution < -0.4 is 20.7 Å². The molecular formula is C18H14ClN7O3. The highest BCUT2D eigenvalue weighted by Crippen LogP contribution is 2.27. The van der Waals surface area contributed by atoms with Crippen molar-refractivity contribution in [3.05, 3.63) is 46.7 Å². The number of anilines is 1. The molecule has 0 unspecified atom stereocenters. The van der Waals surface area contributed by atoms with Gasteiger partial charge in [-0.05, 0) is 43.2 Å². The third-order valence-corrected chi connectivity index (χ3v) is 4.58. The van der Waals surface area contributed by atoms with Crippen LogP contribution in [0.15, 0.2) is 36.2 Å². The molecule has 29 heavy (non-hydrogen) atoms. The van der Waals surface area contributed by atoms with Crippen LogP contribution in [0.3, 0.4) is 0 Å². The van der Waals surface area contributed by atoms with Crippen LogP contribution in [0.5, 0.6) is 11.8 Å². The minimum Gasteiger partial charge on any atom is -0.424 e. The van der Waals surface area contributed by atoms with Gasteiger partial charge in [-0.25, -0.2) is 4.79 Å². The van der Waals surface area contributed by atoms with Gasteiger partial charge in [0.05, 0.1) is 6.20 Å². The van der Waals surface area contributed by atoms with Crippen molar-refractivity contribution in [3.8, 4) is 11.8 Å². The van der Waals surface area contributed by atoms with Gasteiger partial charge in [-0.2, -0.15) is 19.6 Å². The second-order valence-corrected chi connectivity index (χ2v) is 7.04. The highest BCUT2D eigenvalue weighted by Gasteiger charge is 2.26. The monoisotopic (exact) mass is 411 g/mol. The van der Waals surface area contributed by atoms with E-state index in [2.05, 4.69) is 31.0 Å². The standard InChI is InChI=1S/C18H14ClN7O3/c19-10-1-5-12(6-2-10)29-18-23-14-9(7-13-15(27)24-17(28)22-13)8-20-26(14)16(25-18)21-11-3-4-11/h1-2,5-8,11H,3-4H2,(H,21,23,25)(H2,22,24,27,28)/b13-7-. The van der Waals surface area contributed by atoms with Crippen molar-refractivity contribution in [1.29, 1.82) is 0 Å². The summed E-state index contributed by atoms with van der Waals surface area (Å²) >= 11 is 5.91. The van der Waals surface area contributed by atoms with Gasteiger partial charge in [0.2, 0.25) is 5.95 Å². The Bertz CT molecular complexity index is 1170. The fourth-order valence-corrected chi connectivity index (χ4v) is 2.90. The van der Waals surface area contributed by atoms with E-state index < -0.39 is 11.9 Å². The van der Waals surface area contributed by atoms with Gasteiger partial charge in [-0.3, -0.25) is 10.1 Å². The molecule has 1 saturated carbocycles. The Hall–Kier alpha value is -3.66. The van der Waals surface area contributed by atoms with Crippen molar-refractivity contribution in [2.75, 3.05) is 5.32 Å². The van der Waals surface area contributed by atoms with Crippen LogP contribution in [0, 0.1) is 0 Å². The molecule has 3 amide bonds. The van der Waals surface area contributed by atoms with Crippen LogP contribution in [0.1, 0.15) is 18.4 Å². The molecule has 11 heteroatoms. The summed E-state index contributed by atoms with van der Waals surface area (Å²) in [5.41, 5.74) is 1.06. The van der Waals surface area contributed by atoms with E-state index in [0.717, 1.165) is 12.8 Å². The number of ether oxygens (including phenoxy) is 1. The van der Waals surface area contributed by atoms with Gasteiger partial charge in [-0.1, -0.05) is 11.6 Å². The highest BCUT2D eigenvalue weighted by molar-refractivity contribution is 6.30. The molecule has 3 aromatic rings. The van der Waals surface area contributed by atoms with Crippen molar-refractivity contribution >= 4 is 41.2 Å². The summed E-state index contributed by atoms with van der Waals surface area (Å²) in [4.78, 5) is 32.0. The number of amides is 3. The number of carbonyl (C=O) groups excluding carboxylic acids is 2. The molecule has 2 fully saturated rings. The molecule has 2 aromatic heterocycles. The zero-order valence-electron chi connectivity index (χ0n) is 14.8. The highest BCUT2D eigenvalue weighted by atomic mass is 35.5. The van der Waals surface area contributed by atoms with Crippen LogP contribution in [0.25, 0.3) is 11.7 Å². The van der Waals surface area contributed by atoms with Crippen LogP contribution in [-0.4, -0.2) is 37.6 Å². The molecule has 0 atom stereocenters. The van der Waals surface area contributed by atoms with Gasteiger partial charge in [0.15, 0.2) is 5.65 Å². The molecule has 0 bridgehead atoms. The lowest BCUT2D eigenvalue weighted by Gasteiger charge is -2.09. The topological polar surface area (TPSA) is 123 Å². The van der Waals surface area contributed by atoms with Crippen molar-refractivity contribution in [1.82, 2.24) is 30.2 Å². The minimum atomic E-state index is -0.574. The largest absolute Gasteiger partial charge is 0.424 e. The van der Waals surface area contributed by atoms with Crippen molar-refractivity contribution in [2.45, 2.75) is 18.9 Å². The number of imide groups is 1. The molecule has 1 aromatic carbocycles. The van der Waals surface area contributed by atoms with Gasteiger partial charge < -0.3 is 15.4 Å². The number of halogens is 1. The lowest BCUT2D eigenvalue weighted by molar-refractivity contribution is -0.115. The third kappa shape index (κ3) is 3.57. The summed E-state index contributed by atoms with van der Waals surface area (Å²) in [5.74, 6) is 0.487. The van der Waals surface area contributed by atoms with E-state index >= 15 is 0 Å². The minimum absolute atomic E-state index is 0.111. The second kappa shape index (κ2) is 6.74. The molecular weight excluding hydrogens is 398 g/mol. The first-order valence-corrected chi connectivity index (χ1v) is 9.23. The molecule has 1 saturated heterocycles. The summed E-state index contributed by atoms with van der Waals surface area (Å²) in [7, 11) is 0. The Balaban J connectivity index is 1.56. The normalized spacial score (nSPS) is 17.5. The Morgan fingerprint density at radius 2 is 1.97 bits per heavy atom. The maximum absolute atomic E-state index is 11.8. The van der Waals surface area contributed by atoms with Gasteiger partial charge >= 0.3 is 12.0 Å². The number of urea groups is 1. The number of aromatic nitrogens is 4. The van der Waals surface area contributed by atoms with Gasteiger partial charge in [0.25, 0.3) is 5.91 Å². The van der Waals surface area contributed by atoms with E-state index in [1.54, 1.807) is 30.5 Å². The number of fused-ring (bicyclic) bond motifs is 1. The number of hydrogen-bond donors (Lipinski definition) is 3. The molecule has 1 aliphatic heterocycles. The first kappa shape index (κ1) is 17.4. The number of nitrogens with one attached hydrogen (secondary N) is 3. The molecule has 2 aliphatic rings. The fourth-order valence-electron chi connectivity index (χ4n) is 2.77. The van der Waals surface area contributed by atoms with E-state index in [1.165, 1.54) is 10.6 Å². The first-order chi connectivity index (χ1) is 14.0. The average molecular weight is 412 g/mol. The fraction of sp³-hybridized carbons (Fsp3) is 0.167. The molecule has 3 heterocycles. The zero-order chi connectivity index (χ0) is 20.0. The summed E-state index contributed by atoms with van der Waals surface area (Å²) < 4.78 is 7.32. The number of carbonyl (C=O) groups is 2. The third-order valence-electron chi connectivity index (χ3n) is 4.33. The van der Waals surface area contributed by atoms with Crippen molar-refractivity contribution < 1.29 is 14.3 Å². The van der Waals surface area contributed by atoms with Crippen LogP contribution in [0.2, 0.25) is 5.02 Å². The lowest BCUT2D eigenvalue weighted by atomic mass is 10.2. The van der Waals surface area contributed by atoms with Gasteiger partial charge in [-0.15, -0.1) is 0 Å². The Morgan fingerprint density at radius 1 is 1.17 bits per heavy atom. The molecule has 0 spiro atoms. The lowest BCUT2D eigenvalue weighted by Crippen LogP contribution is -2.22. The van der Waals surface area contributed by atoms with E-state index in [0.29, 0.717) is 34.0 Å². The van der Waals surface area contributed by atoms with Crippen LogP contribution >= 0.6 is 11.6 Å². The summed E-state index contributed by atoms with van der Waals surface area (Å²) in [6.45, 7) is 0. The average Bonchev–Trinajstić information content (AvgIpc) is 3.33. The zero-order valence-corrected chi connectivity index (χ0v) is 15.6. The smallest absolute Gasteiger partial charge is 0.327 e. The number of benzene rings is 1. The van der Waals surface area contributed by atoms with Crippen LogP contribution in [-0.2, 0) is 4.79 Å². The SMILES string of the molecule is O=C1NC(=O)/C(=C/c2cnn3c(NC4CC4)nc(Oc4ccc(Cl)cc4)nc23)N1. The van der Waals surface area contributed by atoms with Gasteiger partial charge in [0, 0.05) is 16.6 Å². The Kier molecular flexibility index (Phi) is 4.06. The Labute approximate surface area is 168 Å². The first-order valence-electron chi connectivity index (χ1n) is 8.85. The quantitative estimate of drug-likeness (QED) is 0.435. The number of hydrogen-bond acceptors (Lipinski definition) is 7. The van der Waals surface area contributed by atoms with Crippen molar-refractivity contribution in [2.24, 2.45) is 0 Å². The molecule has 1 aliphatic carbocycles. The van der Waals surface area contributed by atoms with Crippen molar-refractivity contribution in [3.63, 3.8) is 0 Å². The summed E-state index contributed by atoms with van der Waals surface area (Å²) in [6, 6.07) is 6.69. The summed E-state index contributed by atoms with van der Waals surface area (Å²) in [6.07, 6.45) is 5.13. The molecule has 0 radical (unpaired) electrons. The number of nitrogens with zero attached hydrogens (tertiary/aromatic N) is 4. The van der Waals surface area contributed by atoms with E-state index in [1.807, 2.05) is 0 Å². The molecule has 3 N–H and O–H groups in total. The maximum atomic E-state index is 11.8. The van der Waals surface area contributed by atoms with E-state index in [-0.39, 0.29) is 11.7 Å². The van der Waals surface area contributed by atoms with E-state index in [4.69, 9.17) is 16.3 Å². The Morgan fingerprint density at radius 3 is 2.66 bits per heavy atom. The van der Waals surface area contributed by atoms with Crippen LogP contribution in [0.4, 0.5) is 10.7 Å². The summed E-state index contributed by atoms with van der Waals surface area (Å²) in [5, 5.41) is 12.8.